The number of rotatable bonds is 13. The van der Waals surface area contributed by atoms with Crippen LogP contribution in [0.15, 0.2) is 55.5 Å². The van der Waals surface area contributed by atoms with Crippen LogP contribution in [0.25, 0.3) is 11.0 Å². The molecule has 0 unspecified atom stereocenters. The van der Waals surface area contributed by atoms with Crippen molar-refractivity contribution < 1.29 is 18.8 Å². The molecule has 0 atom stereocenters. The van der Waals surface area contributed by atoms with E-state index in [1.807, 2.05) is 45.5 Å². The minimum absolute atomic E-state index is 0.168. The molecule has 1 fully saturated rings. The highest BCUT2D eigenvalue weighted by molar-refractivity contribution is 7.71. The molecule has 5 rings (SSSR count). The van der Waals surface area contributed by atoms with Crippen molar-refractivity contribution in [3.63, 3.8) is 0 Å². The fraction of sp³-hybridized carbons (Fsp3) is 0.382. The highest BCUT2D eigenvalue weighted by Crippen LogP contribution is 2.42. The van der Waals surface area contributed by atoms with Crippen LogP contribution < -0.4 is 30.9 Å². The average Bonchev–Trinajstić information content (AvgIpc) is 3.07. The fourth-order valence-electron chi connectivity index (χ4n) is 5.68. The van der Waals surface area contributed by atoms with Crippen molar-refractivity contribution in [3.8, 4) is 5.75 Å². The Morgan fingerprint density at radius 2 is 1.79 bits per heavy atom. The van der Waals surface area contributed by atoms with Crippen LogP contribution in [0.2, 0.25) is 0 Å². The molecule has 0 saturated carbocycles. The number of carbonyl (C=O) groups excluding carboxylic acids is 1. The highest BCUT2D eigenvalue weighted by Gasteiger charge is 2.26. The molecule has 3 N–H and O–H groups in total. The number of aromatic nitrogens is 4. The average molecular weight is 674 g/mol. The minimum atomic E-state index is -2.82. The third-order valence-corrected chi connectivity index (χ3v) is 9.71. The van der Waals surface area contributed by atoms with Crippen molar-refractivity contribution in [2.75, 3.05) is 88.7 Å². The van der Waals surface area contributed by atoms with E-state index in [9.17, 15) is 9.36 Å². The van der Waals surface area contributed by atoms with Gasteiger partial charge in [0.25, 0.3) is 0 Å². The Hall–Kier alpha value is -4.58. The topological polar surface area (TPSA) is 147 Å². The van der Waals surface area contributed by atoms with Gasteiger partial charge in [-0.1, -0.05) is 6.58 Å². The molecule has 14 heteroatoms. The lowest BCUT2D eigenvalue weighted by molar-refractivity contribution is -0.111. The predicted molar refractivity (Wildman–Crippen MR) is 194 cm³/mol. The number of likely N-dealkylation sites (N-methyl/N-ethyl adjacent to an activating group) is 2. The number of nitrogens with zero attached hydrogens (tertiary/aromatic N) is 6. The zero-order chi connectivity index (χ0) is 34.4. The number of benzene rings is 2. The summed E-state index contributed by atoms with van der Waals surface area (Å²) in [4.78, 5) is 35.2. The van der Waals surface area contributed by atoms with Crippen LogP contribution in [0.3, 0.4) is 0 Å². The molecular weight excluding hydrogens is 629 g/mol. The highest BCUT2D eigenvalue weighted by atomic mass is 31.2. The first kappa shape index (κ1) is 34.7. The van der Waals surface area contributed by atoms with Crippen LogP contribution in [0.4, 0.5) is 34.5 Å². The van der Waals surface area contributed by atoms with Gasteiger partial charge in [0.15, 0.2) is 0 Å². The number of amides is 1. The van der Waals surface area contributed by atoms with Crippen molar-refractivity contribution >= 4 is 63.9 Å². The van der Waals surface area contributed by atoms with Crippen molar-refractivity contribution in [2.24, 2.45) is 0 Å². The number of ether oxygens (including phenoxy) is 2. The first-order valence-corrected chi connectivity index (χ1v) is 18.4. The van der Waals surface area contributed by atoms with Crippen LogP contribution in [0.1, 0.15) is 24.3 Å². The summed E-state index contributed by atoms with van der Waals surface area (Å²) < 4.78 is 25.1. The summed E-state index contributed by atoms with van der Waals surface area (Å²) in [6.07, 6.45) is 7.93. The number of hydrogen-bond acceptors (Lipinski definition) is 12. The lowest BCUT2D eigenvalue weighted by Gasteiger charge is -2.26. The molecule has 1 aliphatic rings. The van der Waals surface area contributed by atoms with Gasteiger partial charge in [-0.05, 0) is 70.5 Å². The molecule has 0 spiro atoms. The Morgan fingerprint density at radius 3 is 2.48 bits per heavy atom. The van der Waals surface area contributed by atoms with Gasteiger partial charge in [-0.2, -0.15) is 4.98 Å². The van der Waals surface area contributed by atoms with E-state index in [1.165, 1.54) is 6.08 Å². The molecule has 48 heavy (non-hydrogen) atoms. The zero-order valence-corrected chi connectivity index (χ0v) is 29.3. The van der Waals surface area contributed by atoms with Gasteiger partial charge in [0.2, 0.25) is 11.9 Å². The van der Waals surface area contributed by atoms with Crippen LogP contribution in [-0.2, 0) is 14.1 Å². The summed E-state index contributed by atoms with van der Waals surface area (Å²) in [6, 6.07) is 7.40. The quantitative estimate of drug-likeness (QED) is 0.127. The smallest absolute Gasteiger partial charge is 0.247 e. The third-order valence-electron chi connectivity index (χ3n) is 8.19. The Kier molecular flexibility index (Phi) is 10.9. The molecule has 254 valence electrons. The van der Waals surface area contributed by atoms with E-state index in [0.29, 0.717) is 64.1 Å². The molecule has 1 saturated heterocycles. The van der Waals surface area contributed by atoms with E-state index in [1.54, 1.807) is 38.9 Å². The number of fused-ring (bicyclic) bond motifs is 1. The summed E-state index contributed by atoms with van der Waals surface area (Å²) in [5.41, 5.74) is 4.74. The molecule has 0 aliphatic carbocycles. The summed E-state index contributed by atoms with van der Waals surface area (Å²) >= 11 is 0. The normalized spacial score (nSPS) is 13.7. The van der Waals surface area contributed by atoms with E-state index >= 15 is 0 Å². The number of hydrogen-bond donors (Lipinski definition) is 3. The van der Waals surface area contributed by atoms with E-state index < -0.39 is 7.14 Å². The van der Waals surface area contributed by atoms with Crippen LogP contribution in [0.5, 0.6) is 5.75 Å². The van der Waals surface area contributed by atoms with Gasteiger partial charge in [-0.15, -0.1) is 0 Å². The molecule has 3 heterocycles. The third kappa shape index (κ3) is 8.10. The van der Waals surface area contributed by atoms with Crippen molar-refractivity contribution in [2.45, 2.75) is 18.8 Å². The monoisotopic (exact) mass is 673 g/mol. The molecular formula is C34H44N9O4P. The largest absolute Gasteiger partial charge is 0.494 e. The van der Waals surface area contributed by atoms with Crippen LogP contribution >= 0.6 is 7.14 Å². The second kappa shape index (κ2) is 15.1. The SMILES string of the molecule is C=CC(=O)Nc1cc(Nc2ncc(C3CCOCC3)c(Nc3ccc4nccnc4c3P(C)(C)=O)n2)c(OC)cc1N(C)CCN(C)C. The fourth-order valence-corrected chi connectivity index (χ4v) is 7.07. The minimum Gasteiger partial charge on any atom is -0.494 e. The first-order valence-electron chi connectivity index (χ1n) is 15.8. The van der Waals surface area contributed by atoms with Crippen LogP contribution in [0, 0.1) is 0 Å². The first-order chi connectivity index (χ1) is 23.0. The van der Waals surface area contributed by atoms with Gasteiger partial charge in [0.05, 0.1) is 40.7 Å². The maximum atomic E-state index is 13.7. The maximum absolute atomic E-state index is 13.7. The van der Waals surface area contributed by atoms with Gasteiger partial charge in [-0.25, -0.2) is 4.98 Å². The Bertz CT molecular complexity index is 1840. The molecule has 2 aromatic carbocycles. The summed E-state index contributed by atoms with van der Waals surface area (Å²) in [7, 11) is 4.76. The summed E-state index contributed by atoms with van der Waals surface area (Å²) in [6.45, 7) is 9.89. The maximum Gasteiger partial charge on any atom is 0.247 e. The van der Waals surface area contributed by atoms with Crippen LogP contribution in [-0.4, -0.2) is 98.6 Å². The predicted octanol–water partition coefficient (Wildman–Crippen LogP) is 5.18. The van der Waals surface area contributed by atoms with E-state index in [-0.39, 0.29) is 11.8 Å². The molecule has 2 aromatic heterocycles. The van der Waals surface area contributed by atoms with Crippen molar-refractivity contribution in [1.29, 1.82) is 0 Å². The Labute approximate surface area is 281 Å². The second-order valence-corrected chi connectivity index (χ2v) is 15.5. The van der Waals surface area contributed by atoms with E-state index in [0.717, 1.165) is 37.2 Å². The molecule has 13 nitrogen and oxygen atoms in total. The van der Waals surface area contributed by atoms with E-state index in [2.05, 4.69) is 42.3 Å². The van der Waals surface area contributed by atoms with E-state index in [4.69, 9.17) is 19.4 Å². The number of anilines is 6. The van der Waals surface area contributed by atoms with Gasteiger partial charge >= 0.3 is 0 Å². The number of carbonyl (C=O) groups is 1. The molecule has 4 aromatic rings. The molecule has 1 aliphatic heterocycles. The Balaban J connectivity index is 1.57. The number of nitrogens with one attached hydrogen (secondary N) is 3. The Morgan fingerprint density at radius 1 is 1.04 bits per heavy atom. The van der Waals surface area contributed by atoms with Crippen molar-refractivity contribution in [3.05, 3.63) is 61.1 Å². The van der Waals surface area contributed by atoms with Gasteiger partial charge in [0.1, 0.15) is 24.2 Å². The summed E-state index contributed by atoms with van der Waals surface area (Å²) in [5, 5.41) is 10.3. The van der Waals surface area contributed by atoms with Gasteiger partial charge in [-0.3, -0.25) is 14.8 Å². The second-order valence-electron chi connectivity index (χ2n) is 12.4. The summed E-state index contributed by atoms with van der Waals surface area (Å²) in [5.74, 6) is 1.26. The molecule has 0 bridgehead atoms. The number of methoxy groups -OCH3 is 1. The zero-order valence-electron chi connectivity index (χ0n) is 28.4. The molecule has 0 radical (unpaired) electrons. The lowest BCUT2D eigenvalue weighted by atomic mass is 9.93. The van der Waals surface area contributed by atoms with Crippen molar-refractivity contribution in [1.82, 2.24) is 24.8 Å². The standard InChI is InChI=1S/C34H44N9O4P/c1-8-30(44)38-26-19-27(29(46-5)20-28(26)43(4)16-15-42(2)3)40-34-37-21-23(22-11-17-47-18-12-22)33(41-34)39-25-10-9-24-31(36-14-13-35-24)32(25)48(6,7)45/h8-10,13-14,19-22H,1,11-12,15-18H2,2-7H3,(H,38,44)(H2,37,39,40,41). The van der Waals surface area contributed by atoms with Gasteiger partial charge < -0.3 is 39.8 Å². The van der Waals surface area contributed by atoms with Gasteiger partial charge in [0, 0.05) is 63.6 Å². The lowest BCUT2D eigenvalue weighted by Crippen LogP contribution is -2.29. The molecule has 1 amide bonds.